The molecule has 0 saturated heterocycles. The molecule has 104 valence electrons. The summed E-state index contributed by atoms with van der Waals surface area (Å²) in [5.74, 6) is 0.331. The normalized spacial score (nSPS) is 10.7. The molecular weight excluding hydrogens is 282 g/mol. The molecule has 0 atom stereocenters. The lowest BCUT2D eigenvalue weighted by atomic mass is 10.1. The molecule has 0 fully saturated rings. The van der Waals surface area contributed by atoms with Gasteiger partial charge in [-0.2, -0.15) is 14.9 Å². The fraction of sp³-hybridized carbons (Fsp3) is 0.133. The molecule has 2 N–H and O–H groups in total. The molecule has 0 saturated carbocycles. The Balaban J connectivity index is 2.41. The number of rotatable bonds is 2. The highest BCUT2D eigenvalue weighted by Gasteiger charge is 2.19. The smallest absolute Gasteiger partial charge is 0.166 e. The minimum atomic E-state index is 0.331. The zero-order chi connectivity index (χ0) is 15.0. The highest BCUT2D eigenvalue weighted by atomic mass is 32.2. The van der Waals surface area contributed by atoms with Crippen molar-refractivity contribution in [3.8, 4) is 17.2 Å². The summed E-state index contributed by atoms with van der Waals surface area (Å²) in [5.41, 5.74) is 9.96. The van der Waals surface area contributed by atoms with E-state index in [1.807, 2.05) is 43.5 Å². The van der Waals surface area contributed by atoms with Gasteiger partial charge in [-0.25, -0.2) is 4.98 Å². The first kappa shape index (κ1) is 13.5. The van der Waals surface area contributed by atoms with Crippen LogP contribution in [0.2, 0.25) is 0 Å². The Morgan fingerprint density at radius 2 is 2.00 bits per heavy atom. The molecule has 21 heavy (non-hydrogen) atoms. The SMILES string of the molecule is CSc1nc2c(-c3ccccc3)c(C)nn2c(N)c1C#N. The summed E-state index contributed by atoms with van der Waals surface area (Å²) in [5, 5.41) is 14.3. The van der Waals surface area contributed by atoms with E-state index in [1.165, 1.54) is 11.8 Å². The lowest BCUT2D eigenvalue weighted by molar-refractivity contribution is 0.904. The lowest BCUT2D eigenvalue weighted by Crippen LogP contribution is -2.05. The second-order valence-corrected chi connectivity index (χ2v) is 5.35. The van der Waals surface area contributed by atoms with E-state index in [-0.39, 0.29) is 0 Å². The molecular formula is C15H13N5S. The summed E-state index contributed by atoms with van der Waals surface area (Å²) >= 11 is 1.41. The van der Waals surface area contributed by atoms with Crippen LogP contribution in [0.3, 0.4) is 0 Å². The van der Waals surface area contributed by atoms with Crippen molar-refractivity contribution < 1.29 is 0 Å². The number of thioether (sulfide) groups is 1. The molecule has 0 aliphatic rings. The Bertz CT molecular complexity index is 861. The minimum absolute atomic E-state index is 0.331. The summed E-state index contributed by atoms with van der Waals surface area (Å²) in [6, 6.07) is 12.0. The van der Waals surface area contributed by atoms with Crippen molar-refractivity contribution in [2.75, 3.05) is 12.0 Å². The van der Waals surface area contributed by atoms with Crippen molar-refractivity contribution in [3.63, 3.8) is 0 Å². The van der Waals surface area contributed by atoms with Crippen LogP contribution in [0, 0.1) is 18.3 Å². The molecule has 0 bridgehead atoms. The monoisotopic (exact) mass is 295 g/mol. The Labute approximate surface area is 126 Å². The van der Waals surface area contributed by atoms with E-state index in [0.29, 0.717) is 22.1 Å². The molecule has 5 nitrogen and oxygen atoms in total. The molecule has 0 aliphatic heterocycles. The highest BCUT2D eigenvalue weighted by molar-refractivity contribution is 7.98. The maximum Gasteiger partial charge on any atom is 0.166 e. The Hall–Kier alpha value is -2.52. The van der Waals surface area contributed by atoms with Gasteiger partial charge in [0.05, 0.1) is 5.69 Å². The number of hydrogen-bond acceptors (Lipinski definition) is 5. The van der Waals surface area contributed by atoms with Crippen LogP contribution in [0.25, 0.3) is 16.8 Å². The first-order valence-corrected chi connectivity index (χ1v) is 7.58. The van der Waals surface area contributed by atoms with E-state index in [0.717, 1.165) is 16.8 Å². The number of anilines is 1. The van der Waals surface area contributed by atoms with Gasteiger partial charge in [-0.05, 0) is 18.7 Å². The summed E-state index contributed by atoms with van der Waals surface area (Å²) in [4.78, 5) is 4.58. The van der Waals surface area contributed by atoms with Crippen LogP contribution in [0.5, 0.6) is 0 Å². The fourth-order valence-corrected chi connectivity index (χ4v) is 2.88. The highest BCUT2D eigenvalue weighted by Crippen LogP contribution is 2.31. The molecule has 0 radical (unpaired) electrons. The van der Waals surface area contributed by atoms with Crippen LogP contribution in [-0.4, -0.2) is 20.9 Å². The van der Waals surface area contributed by atoms with Crippen molar-refractivity contribution in [1.29, 1.82) is 5.26 Å². The second-order valence-electron chi connectivity index (χ2n) is 4.55. The molecule has 3 rings (SSSR count). The molecule has 3 aromatic rings. The quantitative estimate of drug-likeness (QED) is 0.581. The topological polar surface area (TPSA) is 80.0 Å². The first-order valence-electron chi connectivity index (χ1n) is 6.35. The zero-order valence-electron chi connectivity index (χ0n) is 11.7. The maximum atomic E-state index is 9.26. The molecule has 0 aliphatic carbocycles. The Kier molecular flexibility index (Phi) is 3.28. The third-order valence-corrected chi connectivity index (χ3v) is 3.99. The first-order chi connectivity index (χ1) is 10.2. The predicted molar refractivity (Wildman–Crippen MR) is 84.1 cm³/mol. The number of nitriles is 1. The van der Waals surface area contributed by atoms with Gasteiger partial charge in [0.15, 0.2) is 5.65 Å². The maximum absolute atomic E-state index is 9.26. The second kappa shape index (κ2) is 5.11. The Morgan fingerprint density at radius 1 is 1.29 bits per heavy atom. The average Bonchev–Trinajstić information content (AvgIpc) is 2.84. The van der Waals surface area contributed by atoms with Crippen LogP contribution in [0.4, 0.5) is 5.82 Å². The van der Waals surface area contributed by atoms with Crippen LogP contribution in [0.1, 0.15) is 11.3 Å². The summed E-state index contributed by atoms with van der Waals surface area (Å²) in [7, 11) is 0. The van der Waals surface area contributed by atoms with Gasteiger partial charge < -0.3 is 5.73 Å². The molecule has 2 aromatic heterocycles. The summed E-state index contributed by atoms with van der Waals surface area (Å²) < 4.78 is 1.55. The summed E-state index contributed by atoms with van der Waals surface area (Å²) in [6.45, 7) is 1.92. The van der Waals surface area contributed by atoms with Crippen molar-refractivity contribution in [2.45, 2.75) is 11.9 Å². The number of nitrogens with two attached hydrogens (primary N) is 1. The predicted octanol–water partition coefficient (Wildman–Crippen LogP) is 2.88. The number of hydrogen-bond donors (Lipinski definition) is 1. The van der Waals surface area contributed by atoms with E-state index in [2.05, 4.69) is 16.2 Å². The van der Waals surface area contributed by atoms with E-state index >= 15 is 0 Å². The van der Waals surface area contributed by atoms with E-state index in [4.69, 9.17) is 5.73 Å². The van der Waals surface area contributed by atoms with Gasteiger partial charge in [0, 0.05) is 5.56 Å². The fourth-order valence-electron chi connectivity index (χ4n) is 2.35. The van der Waals surface area contributed by atoms with Crippen LogP contribution in [0.15, 0.2) is 35.4 Å². The molecule has 0 spiro atoms. The van der Waals surface area contributed by atoms with Crippen LogP contribution in [-0.2, 0) is 0 Å². The number of nitrogens with zero attached hydrogens (tertiary/aromatic N) is 4. The van der Waals surface area contributed by atoms with Gasteiger partial charge in [-0.1, -0.05) is 30.3 Å². The van der Waals surface area contributed by atoms with Gasteiger partial charge >= 0.3 is 0 Å². The number of aryl methyl sites for hydroxylation is 1. The van der Waals surface area contributed by atoms with Gasteiger partial charge in [0.25, 0.3) is 0 Å². The van der Waals surface area contributed by atoms with Crippen molar-refractivity contribution >= 4 is 23.2 Å². The van der Waals surface area contributed by atoms with Gasteiger partial charge in [-0.3, -0.25) is 0 Å². The van der Waals surface area contributed by atoms with E-state index < -0.39 is 0 Å². The standard InChI is InChI=1S/C15H13N5S/c1-9-12(10-6-4-3-5-7-10)14-18-15(21-2)11(8-16)13(17)20(14)19-9/h3-7H,17H2,1-2H3. The zero-order valence-corrected chi connectivity index (χ0v) is 12.5. The van der Waals surface area contributed by atoms with E-state index in [9.17, 15) is 5.26 Å². The number of benzene rings is 1. The molecule has 0 unspecified atom stereocenters. The minimum Gasteiger partial charge on any atom is -0.382 e. The van der Waals surface area contributed by atoms with Gasteiger partial charge in [-0.15, -0.1) is 11.8 Å². The van der Waals surface area contributed by atoms with E-state index in [1.54, 1.807) is 4.52 Å². The molecule has 1 aromatic carbocycles. The van der Waals surface area contributed by atoms with Crippen molar-refractivity contribution in [3.05, 3.63) is 41.6 Å². The average molecular weight is 295 g/mol. The third kappa shape index (κ3) is 2.03. The van der Waals surface area contributed by atoms with Gasteiger partial charge in [0.2, 0.25) is 0 Å². The van der Waals surface area contributed by atoms with Crippen LogP contribution >= 0.6 is 11.8 Å². The Morgan fingerprint density at radius 3 is 2.62 bits per heavy atom. The number of fused-ring (bicyclic) bond motifs is 1. The van der Waals surface area contributed by atoms with Crippen LogP contribution < -0.4 is 5.73 Å². The molecule has 2 heterocycles. The van der Waals surface area contributed by atoms with Crippen molar-refractivity contribution in [2.24, 2.45) is 0 Å². The van der Waals surface area contributed by atoms with Crippen molar-refractivity contribution in [1.82, 2.24) is 14.6 Å². The summed E-state index contributed by atoms with van der Waals surface area (Å²) in [6.07, 6.45) is 1.88. The molecule has 0 amide bonds. The number of aromatic nitrogens is 3. The third-order valence-electron chi connectivity index (χ3n) is 3.31. The van der Waals surface area contributed by atoms with Gasteiger partial charge in [0.1, 0.15) is 22.5 Å². The molecule has 6 heteroatoms. The largest absolute Gasteiger partial charge is 0.382 e. The lowest BCUT2D eigenvalue weighted by Gasteiger charge is -2.06. The number of nitrogen functional groups attached to an aromatic ring is 1.